The number of hydrogen-bond acceptors (Lipinski definition) is 3. The van der Waals surface area contributed by atoms with Gasteiger partial charge in [0.15, 0.2) is 0 Å². The van der Waals surface area contributed by atoms with Crippen molar-refractivity contribution >= 4 is 38.0 Å². The van der Waals surface area contributed by atoms with E-state index in [-0.39, 0.29) is 0 Å². The third-order valence-electron chi connectivity index (χ3n) is 1.89. The van der Waals surface area contributed by atoms with Crippen LogP contribution in [-0.2, 0) is 0 Å². The van der Waals surface area contributed by atoms with E-state index in [1.807, 2.05) is 25.1 Å². The van der Waals surface area contributed by atoms with E-state index in [1.54, 1.807) is 0 Å². The van der Waals surface area contributed by atoms with Crippen molar-refractivity contribution in [1.29, 1.82) is 0 Å². The highest BCUT2D eigenvalue weighted by molar-refractivity contribution is 7.22. The van der Waals surface area contributed by atoms with Gasteiger partial charge >= 0.3 is 0 Å². The number of rotatable bonds is 2. The van der Waals surface area contributed by atoms with Crippen LogP contribution in [-0.4, -0.2) is 6.61 Å². The molecular formula is C10H10ClNOS. The Hall–Kier alpha value is -0.930. The van der Waals surface area contributed by atoms with Crippen molar-refractivity contribution in [2.75, 3.05) is 12.3 Å². The van der Waals surface area contributed by atoms with Crippen molar-refractivity contribution in [3.8, 4) is 5.75 Å². The zero-order chi connectivity index (χ0) is 10.1. The van der Waals surface area contributed by atoms with Gasteiger partial charge in [-0.3, -0.25) is 0 Å². The van der Waals surface area contributed by atoms with E-state index in [9.17, 15) is 0 Å². The Bertz CT molecular complexity index is 466. The maximum absolute atomic E-state index is 6.08. The first-order valence-corrected chi connectivity index (χ1v) is 5.51. The number of nitrogens with two attached hydrogens (primary N) is 1. The third-order valence-corrected chi connectivity index (χ3v) is 3.11. The van der Waals surface area contributed by atoms with Crippen LogP contribution in [0.25, 0.3) is 10.1 Å². The quantitative estimate of drug-likeness (QED) is 0.852. The second kappa shape index (κ2) is 3.67. The fourth-order valence-electron chi connectivity index (χ4n) is 1.34. The molecule has 0 atom stereocenters. The molecule has 0 spiro atoms. The Morgan fingerprint density at radius 3 is 2.93 bits per heavy atom. The Morgan fingerprint density at radius 2 is 2.21 bits per heavy atom. The SMILES string of the molecule is CCOc1cc(Cl)c2cc(N)sc2c1. The summed E-state index contributed by atoms with van der Waals surface area (Å²) in [5, 5.41) is 2.46. The van der Waals surface area contributed by atoms with Crippen LogP contribution in [0.1, 0.15) is 6.92 Å². The van der Waals surface area contributed by atoms with E-state index >= 15 is 0 Å². The van der Waals surface area contributed by atoms with Gasteiger partial charge < -0.3 is 10.5 Å². The monoisotopic (exact) mass is 227 g/mol. The molecule has 0 saturated carbocycles. The number of fused-ring (bicyclic) bond motifs is 1. The summed E-state index contributed by atoms with van der Waals surface area (Å²) in [6, 6.07) is 5.67. The lowest BCUT2D eigenvalue weighted by atomic mass is 10.2. The lowest BCUT2D eigenvalue weighted by Gasteiger charge is -2.03. The molecule has 74 valence electrons. The summed E-state index contributed by atoms with van der Waals surface area (Å²) in [7, 11) is 0. The molecule has 1 heterocycles. The minimum atomic E-state index is 0.642. The Kier molecular flexibility index (Phi) is 2.52. The van der Waals surface area contributed by atoms with Crippen LogP contribution in [0.4, 0.5) is 5.00 Å². The van der Waals surface area contributed by atoms with Crippen molar-refractivity contribution in [2.24, 2.45) is 0 Å². The lowest BCUT2D eigenvalue weighted by Crippen LogP contribution is -1.90. The summed E-state index contributed by atoms with van der Waals surface area (Å²) in [5.74, 6) is 0.798. The number of thiophene rings is 1. The normalized spacial score (nSPS) is 10.7. The smallest absolute Gasteiger partial charge is 0.122 e. The third kappa shape index (κ3) is 1.65. The standard InChI is InChI=1S/C10H10ClNOS/c1-2-13-6-3-8(11)7-5-10(12)14-9(7)4-6/h3-5H,2,12H2,1H3. The molecule has 0 aliphatic rings. The molecule has 0 unspecified atom stereocenters. The molecule has 1 aromatic carbocycles. The minimum Gasteiger partial charge on any atom is -0.494 e. The van der Waals surface area contributed by atoms with Gasteiger partial charge in [0.05, 0.1) is 16.6 Å². The van der Waals surface area contributed by atoms with Crippen LogP contribution in [0.15, 0.2) is 18.2 Å². The average Bonchev–Trinajstić information content (AvgIpc) is 2.47. The van der Waals surface area contributed by atoms with Gasteiger partial charge in [0.1, 0.15) is 5.75 Å². The summed E-state index contributed by atoms with van der Waals surface area (Å²) in [6.07, 6.45) is 0. The number of ether oxygens (including phenoxy) is 1. The van der Waals surface area contributed by atoms with Gasteiger partial charge in [-0.05, 0) is 25.1 Å². The topological polar surface area (TPSA) is 35.2 Å². The molecule has 0 bridgehead atoms. The number of anilines is 1. The Labute approximate surface area is 91.2 Å². The first-order chi connectivity index (χ1) is 6.70. The van der Waals surface area contributed by atoms with Crippen molar-refractivity contribution in [3.63, 3.8) is 0 Å². The number of benzene rings is 1. The molecule has 0 fully saturated rings. The molecule has 0 radical (unpaired) electrons. The number of halogens is 1. The van der Waals surface area contributed by atoms with Crippen LogP contribution >= 0.6 is 22.9 Å². The summed E-state index contributed by atoms with van der Waals surface area (Å²) in [6.45, 7) is 2.59. The summed E-state index contributed by atoms with van der Waals surface area (Å²) in [5.41, 5.74) is 5.70. The fourth-order valence-corrected chi connectivity index (χ4v) is 2.55. The van der Waals surface area contributed by atoms with Gasteiger partial charge in [-0.15, -0.1) is 11.3 Å². The highest BCUT2D eigenvalue weighted by Crippen LogP contribution is 2.36. The first-order valence-electron chi connectivity index (χ1n) is 4.32. The largest absolute Gasteiger partial charge is 0.494 e. The van der Waals surface area contributed by atoms with Crippen LogP contribution in [0.2, 0.25) is 5.02 Å². The van der Waals surface area contributed by atoms with E-state index < -0.39 is 0 Å². The van der Waals surface area contributed by atoms with Gasteiger partial charge in [0.25, 0.3) is 0 Å². The molecule has 2 rings (SSSR count). The van der Waals surface area contributed by atoms with Crippen molar-refractivity contribution in [3.05, 3.63) is 23.2 Å². The molecule has 14 heavy (non-hydrogen) atoms. The van der Waals surface area contributed by atoms with E-state index in [1.165, 1.54) is 11.3 Å². The summed E-state index contributed by atoms with van der Waals surface area (Å²) in [4.78, 5) is 0. The van der Waals surface area contributed by atoms with Crippen molar-refractivity contribution in [2.45, 2.75) is 6.92 Å². The molecule has 1 aromatic heterocycles. The second-order valence-corrected chi connectivity index (χ2v) is 4.42. The van der Waals surface area contributed by atoms with Crippen molar-refractivity contribution in [1.82, 2.24) is 0 Å². The van der Waals surface area contributed by atoms with E-state index in [0.29, 0.717) is 11.6 Å². The lowest BCUT2D eigenvalue weighted by molar-refractivity contribution is 0.341. The first kappa shape index (κ1) is 9.62. The van der Waals surface area contributed by atoms with Gasteiger partial charge in [-0.1, -0.05) is 11.6 Å². The Morgan fingerprint density at radius 1 is 1.43 bits per heavy atom. The van der Waals surface area contributed by atoms with Gasteiger partial charge in [-0.25, -0.2) is 0 Å². The molecule has 0 amide bonds. The molecule has 2 aromatic rings. The maximum atomic E-state index is 6.08. The summed E-state index contributed by atoms with van der Waals surface area (Å²) < 4.78 is 6.45. The maximum Gasteiger partial charge on any atom is 0.122 e. The van der Waals surface area contributed by atoms with Crippen LogP contribution in [0.3, 0.4) is 0 Å². The average molecular weight is 228 g/mol. The van der Waals surface area contributed by atoms with Crippen LogP contribution in [0.5, 0.6) is 5.75 Å². The number of hydrogen-bond donors (Lipinski definition) is 1. The predicted octanol–water partition coefficient (Wildman–Crippen LogP) is 3.54. The van der Waals surface area contributed by atoms with Crippen LogP contribution < -0.4 is 10.5 Å². The van der Waals surface area contributed by atoms with E-state index in [0.717, 1.165) is 20.8 Å². The zero-order valence-corrected chi connectivity index (χ0v) is 9.28. The van der Waals surface area contributed by atoms with Crippen LogP contribution in [0, 0.1) is 0 Å². The number of nitrogen functional groups attached to an aromatic ring is 1. The van der Waals surface area contributed by atoms with E-state index in [2.05, 4.69) is 0 Å². The highest BCUT2D eigenvalue weighted by atomic mass is 35.5. The van der Waals surface area contributed by atoms with E-state index in [4.69, 9.17) is 22.1 Å². The zero-order valence-electron chi connectivity index (χ0n) is 7.71. The van der Waals surface area contributed by atoms with Gasteiger partial charge in [0.2, 0.25) is 0 Å². The molecule has 0 aliphatic carbocycles. The van der Waals surface area contributed by atoms with Crippen molar-refractivity contribution < 1.29 is 4.74 Å². The second-order valence-electron chi connectivity index (χ2n) is 2.90. The Balaban J connectivity index is 2.59. The molecule has 2 nitrogen and oxygen atoms in total. The minimum absolute atomic E-state index is 0.642. The molecular weight excluding hydrogens is 218 g/mol. The molecule has 2 N–H and O–H groups in total. The molecule has 0 aliphatic heterocycles. The highest BCUT2D eigenvalue weighted by Gasteiger charge is 2.06. The summed E-state index contributed by atoms with van der Waals surface area (Å²) >= 11 is 7.60. The van der Waals surface area contributed by atoms with Gasteiger partial charge in [0, 0.05) is 10.1 Å². The molecule has 4 heteroatoms. The van der Waals surface area contributed by atoms with Gasteiger partial charge in [-0.2, -0.15) is 0 Å². The predicted molar refractivity (Wildman–Crippen MR) is 62.4 cm³/mol. The molecule has 0 saturated heterocycles. The fraction of sp³-hybridized carbons (Fsp3) is 0.200.